The van der Waals surface area contributed by atoms with Crippen LogP contribution in [0.1, 0.15) is 44.6 Å². The summed E-state index contributed by atoms with van der Waals surface area (Å²) in [4.78, 5) is 22.8. The molecule has 126 valence electrons. The molecule has 23 heavy (non-hydrogen) atoms. The average Bonchev–Trinajstić information content (AvgIpc) is 3.14. The van der Waals surface area contributed by atoms with Gasteiger partial charge in [-0.05, 0) is 25.7 Å². The lowest BCUT2D eigenvalue weighted by molar-refractivity contribution is -0.117. The lowest BCUT2D eigenvalue weighted by Crippen LogP contribution is -2.30. The highest BCUT2D eigenvalue weighted by Crippen LogP contribution is 2.32. The minimum atomic E-state index is 0.0460. The van der Waals surface area contributed by atoms with Crippen LogP contribution in [0, 0.1) is 0 Å². The summed E-state index contributed by atoms with van der Waals surface area (Å²) in [6.07, 6.45) is 5.71. The maximum Gasteiger partial charge on any atom is 0.232 e. The van der Waals surface area contributed by atoms with Crippen LogP contribution < -0.4 is 16.0 Å². The largest absolute Gasteiger partial charge is 0.383 e. The van der Waals surface area contributed by atoms with Gasteiger partial charge in [0.1, 0.15) is 11.6 Å². The standard InChI is InChI=1S/C16H25N5O2/c1-2-3-7-18-16-19-14(17)12-10-13(22)21(15(12)20-16)8-6-11-5-4-9-23-11/h11H,2-10H2,1H3,(H3,17,18,19,20). The van der Waals surface area contributed by atoms with Gasteiger partial charge in [-0.15, -0.1) is 0 Å². The molecule has 1 aromatic heterocycles. The molecule has 1 aromatic rings. The molecule has 1 fully saturated rings. The fraction of sp³-hybridized carbons (Fsp3) is 0.688. The van der Waals surface area contributed by atoms with Gasteiger partial charge in [-0.2, -0.15) is 9.97 Å². The van der Waals surface area contributed by atoms with Crippen molar-refractivity contribution in [2.75, 3.05) is 35.6 Å². The molecule has 2 aliphatic rings. The highest BCUT2D eigenvalue weighted by atomic mass is 16.5. The molecule has 0 bridgehead atoms. The molecule has 0 aromatic carbocycles. The number of rotatable bonds is 7. The molecule has 1 saturated heterocycles. The normalized spacial score (nSPS) is 20.1. The molecule has 0 spiro atoms. The minimum Gasteiger partial charge on any atom is -0.383 e. The number of fused-ring (bicyclic) bond motifs is 1. The van der Waals surface area contributed by atoms with E-state index >= 15 is 0 Å². The fourth-order valence-corrected chi connectivity index (χ4v) is 3.08. The summed E-state index contributed by atoms with van der Waals surface area (Å²) in [5.41, 5.74) is 6.78. The number of ether oxygens (including phenoxy) is 1. The number of amides is 1. The first-order valence-electron chi connectivity index (χ1n) is 8.51. The number of carbonyl (C=O) groups excluding carboxylic acids is 1. The van der Waals surface area contributed by atoms with Gasteiger partial charge in [-0.25, -0.2) is 0 Å². The molecule has 3 heterocycles. The van der Waals surface area contributed by atoms with E-state index in [-0.39, 0.29) is 12.0 Å². The molecule has 0 saturated carbocycles. The van der Waals surface area contributed by atoms with Crippen molar-refractivity contribution in [2.45, 2.75) is 51.6 Å². The first kappa shape index (κ1) is 16.0. The first-order valence-corrected chi connectivity index (χ1v) is 8.51. The maximum atomic E-state index is 12.3. The predicted molar refractivity (Wildman–Crippen MR) is 89.5 cm³/mol. The Hall–Kier alpha value is -1.89. The second-order valence-corrected chi connectivity index (χ2v) is 6.16. The van der Waals surface area contributed by atoms with Crippen LogP contribution in [0.2, 0.25) is 0 Å². The van der Waals surface area contributed by atoms with E-state index in [2.05, 4.69) is 22.2 Å². The van der Waals surface area contributed by atoms with E-state index in [1.165, 1.54) is 0 Å². The van der Waals surface area contributed by atoms with E-state index in [0.29, 0.717) is 30.5 Å². The van der Waals surface area contributed by atoms with E-state index < -0.39 is 0 Å². The van der Waals surface area contributed by atoms with Crippen LogP contribution in [0.3, 0.4) is 0 Å². The summed E-state index contributed by atoms with van der Waals surface area (Å²) in [7, 11) is 0. The number of anilines is 3. The summed E-state index contributed by atoms with van der Waals surface area (Å²) < 4.78 is 5.64. The molecular weight excluding hydrogens is 294 g/mol. The number of nitrogens with one attached hydrogen (secondary N) is 1. The quantitative estimate of drug-likeness (QED) is 0.743. The van der Waals surface area contributed by atoms with Crippen LogP contribution >= 0.6 is 0 Å². The molecule has 1 atom stereocenters. The molecule has 0 aliphatic carbocycles. The summed E-state index contributed by atoms with van der Waals surface area (Å²) >= 11 is 0. The maximum absolute atomic E-state index is 12.3. The van der Waals surface area contributed by atoms with Crippen LogP contribution in [0.25, 0.3) is 0 Å². The van der Waals surface area contributed by atoms with Gasteiger partial charge in [0.05, 0.1) is 12.5 Å². The van der Waals surface area contributed by atoms with Gasteiger partial charge < -0.3 is 15.8 Å². The van der Waals surface area contributed by atoms with Crippen LogP contribution in [0.5, 0.6) is 0 Å². The highest BCUT2D eigenvalue weighted by molar-refractivity contribution is 6.01. The molecule has 3 N–H and O–H groups in total. The molecule has 1 amide bonds. The second kappa shape index (κ2) is 7.12. The zero-order valence-corrected chi connectivity index (χ0v) is 13.7. The Labute approximate surface area is 136 Å². The summed E-state index contributed by atoms with van der Waals surface area (Å²) in [6.45, 7) is 4.39. The zero-order chi connectivity index (χ0) is 16.2. The van der Waals surface area contributed by atoms with Gasteiger partial charge in [0.25, 0.3) is 0 Å². The van der Waals surface area contributed by atoms with Gasteiger partial charge in [0.2, 0.25) is 11.9 Å². The van der Waals surface area contributed by atoms with Gasteiger partial charge in [0, 0.05) is 25.3 Å². The van der Waals surface area contributed by atoms with Crippen LogP contribution in [-0.2, 0) is 16.0 Å². The third-order valence-corrected chi connectivity index (χ3v) is 4.41. The molecular formula is C16H25N5O2. The summed E-state index contributed by atoms with van der Waals surface area (Å²) in [5, 5.41) is 3.18. The number of aromatic nitrogens is 2. The van der Waals surface area contributed by atoms with E-state index in [4.69, 9.17) is 10.5 Å². The van der Waals surface area contributed by atoms with Gasteiger partial charge >= 0.3 is 0 Å². The molecule has 7 heteroatoms. The van der Waals surface area contributed by atoms with Crippen molar-refractivity contribution >= 4 is 23.5 Å². The number of nitrogens with zero attached hydrogens (tertiary/aromatic N) is 3. The fourth-order valence-electron chi connectivity index (χ4n) is 3.08. The Kier molecular flexibility index (Phi) is 4.95. The zero-order valence-electron chi connectivity index (χ0n) is 13.7. The topological polar surface area (TPSA) is 93.4 Å². The number of nitrogen functional groups attached to an aromatic ring is 1. The third kappa shape index (κ3) is 3.55. The smallest absolute Gasteiger partial charge is 0.232 e. The molecule has 3 rings (SSSR count). The molecule has 7 nitrogen and oxygen atoms in total. The van der Waals surface area contributed by atoms with E-state index in [0.717, 1.165) is 50.8 Å². The summed E-state index contributed by atoms with van der Waals surface area (Å²) in [6, 6.07) is 0. The van der Waals surface area contributed by atoms with Crippen molar-refractivity contribution in [2.24, 2.45) is 0 Å². The Balaban J connectivity index is 1.72. The van der Waals surface area contributed by atoms with Gasteiger partial charge in [-0.1, -0.05) is 13.3 Å². The summed E-state index contributed by atoms with van der Waals surface area (Å²) in [5.74, 6) is 1.62. The first-order chi connectivity index (χ1) is 11.2. The van der Waals surface area contributed by atoms with E-state index in [9.17, 15) is 4.79 Å². The van der Waals surface area contributed by atoms with E-state index in [1.54, 1.807) is 4.90 Å². The monoisotopic (exact) mass is 319 g/mol. The lowest BCUT2D eigenvalue weighted by atomic mass is 10.2. The van der Waals surface area contributed by atoms with Crippen molar-refractivity contribution in [3.63, 3.8) is 0 Å². The SMILES string of the molecule is CCCCNc1nc(N)c2c(n1)N(CCC1CCCO1)C(=O)C2. The molecule has 1 unspecified atom stereocenters. The molecule has 0 radical (unpaired) electrons. The van der Waals surface area contributed by atoms with Crippen molar-refractivity contribution in [3.05, 3.63) is 5.56 Å². The van der Waals surface area contributed by atoms with Crippen molar-refractivity contribution < 1.29 is 9.53 Å². The third-order valence-electron chi connectivity index (χ3n) is 4.41. The number of carbonyl (C=O) groups is 1. The average molecular weight is 319 g/mol. The highest BCUT2D eigenvalue weighted by Gasteiger charge is 2.32. The Morgan fingerprint density at radius 1 is 1.43 bits per heavy atom. The number of nitrogens with two attached hydrogens (primary N) is 1. The number of unbranched alkanes of at least 4 members (excludes halogenated alkanes) is 1. The van der Waals surface area contributed by atoms with Gasteiger partial charge in [-0.3, -0.25) is 9.69 Å². The van der Waals surface area contributed by atoms with Crippen molar-refractivity contribution in [3.8, 4) is 0 Å². The second-order valence-electron chi connectivity index (χ2n) is 6.16. The Morgan fingerprint density at radius 2 is 2.30 bits per heavy atom. The van der Waals surface area contributed by atoms with Gasteiger partial charge in [0.15, 0.2) is 0 Å². The van der Waals surface area contributed by atoms with Crippen LogP contribution in [-0.4, -0.2) is 41.7 Å². The van der Waals surface area contributed by atoms with Crippen LogP contribution in [0.4, 0.5) is 17.6 Å². The Bertz CT molecular complexity index is 572. The van der Waals surface area contributed by atoms with E-state index in [1.807, 2.05) is 0 Å². The number of hydrogen-bond acceptors (Lipinski definition) is 6. The van der Waals surface area contributed by atoms with Crippen molar-refractivity contribution in [1.82, 2.24) is 9.97 Å². The lowest BCUT2D eigenvalue weighted by Gasteiger charge is -2.19. The predicted octanol–water partition coefficient (Wildman–Crippen LogP) is 1.73. The molecule has 2 aliphatic heterocycles. The minimum absolute atomic E-state index is 0.0460. The van der Waals surface area contributed by atoms with Crippen molar-refractivity contribution in [1.29, 1.82) is 0 Å². The Morgan fingerprint density at radius 3 is 3.04 bits per heavy atom. The van der Waals surface area contributed by atoms with Crippen LogP contribution in [0.15, 0.2) is 0 Å². The number of hydrogen-bond donors (Lipinski definition) is 2.